The average Bonchev–Trinajstić information content (AvgIpc) is 3.12. The first kappa shape index (κ1) is 13.1. The lowest BCUT2D eigenvalue weighted by atomic mass is 10.3. The minimum Gasteiger partial charge on any atom is -0.371 e. The largest absolute Gasteiger partial charge is 0.371 e. The quantitative estimate of drug-likeness (QED) is 0.878. The van der Waals surface area contributed by atoms with Crippen molar-refractivity contribution in [3.05, 3.63) is 22.6 Å². The molecule has 1 aliphatic carbocycles. The van der Waals surface area contributed by atoms with Crippen molar-refractivity contribution in [2.45, 2.75) is 26.3 Å². The van der Waals surface area contributed by atoms with Crippen LogP contribution in [0.1, 0.15) is 19.8 Å². The van der Waals surface area contributed by atoms with Crippen LogP contribution in [0.4, 0.5) is 5.82 Å². The lowest BCUT2D eigenvalue weighted by Crippen LogP contribution is -2.06. The van der Waals surface area contributed by atoms with Crippen LogP contribution >= 0.6 is 0 Å². The summed E-state index contributed by atoms with van der Waals surface area (Å²) >= 11 is 0. The monoisotopic (exact) mass is 259 g/mol. The topological polar surface area (TPSA) is 86.5 Å². The number of aromatic amines is 1. The molecule has 6 heteroatoms. The maximum absolute atomic E-state index is 11.7. The summed E-state index contributed by atoms with van der Waals surface area (Å²) in [6.07, 6.45) is 4.23. The maximum atomic E-state index is 11.7. The zero-order valence-corrected chi connectivity index (χ0v) is 11.1. The molecular weight excluding hydrogens is 242 g/mol. The summed E-state index contributed by atoms with van der Waals surface area (Å²) in [5, 5.41) is 15.4. The van der Waals surface area contributed by atoms with Gasteiger partial charge in [0.1, 0.15) is 5.39 Å². The van der Waals surface area contributed by atoms with Gasteiger partial charge >= 0.3 is 0 Å². The summed E-state index contributed by atoms with van der Waals surface area (Å²) in [6.45, 7) is 2.35. The van der Waals surface area contributed by atoms with Gasteiger partial charge in [0, 0.05) is 26.7 Å². The number of hydrogen-bond donors (Lipinski definition) is 2. The summed E-state index contributed by atoms with van der Waals surface area (Å²) in [7, 11) is 1.79. The van der Waals surface area contributed by atoms with Crippen LogP contribution in [-0.2, 0) is 6.54 Å². The van der Waals surface area contributed by atoms with E-state index in [2.05, 4.69) is 15.4 Å². The highest BCUT2D eigenvalue weighted by Gasteiger charge is 2.24. The van der Waals surface area contributed by atoms with Crippen LogP contribution in [0.2, 0.25) is 0 Å². The van der Waals surface area contributed by atoms with Gasteiger partial charge in [-0.05, 0) is 24.8 Å². The molecule has 0 unspecified atom stereocenters. The molecule has 0 aliphatic heterocycles. The van der Waals surface area contributed by atoms with E-state index in [-0.39, 0.29) is 5.56 Å². The Kier molecular flexibility index (Phi) is 3.85. The smallest absolute Gasteiger partial charge is 0.261 e. The zero-order chi connectivity index (χ0) is 13.8. The van der Waals surface area contributed by atoms with Crippen LogP contribution in [-0.4, -0.2) is 21.8 Å². The second kappa shape index (κ2) is 5.57. The van der Waals surface area contributed by atoms with Gasteiger partial charge < -0.3 is 10.3 Å². The second-order valence-corrected chi connectivity index (χ2v) is 4.51. The van der Waals surface area contributed by atoms with E-state index in [0.29, 0.717) is 11.2 Å². The van der Waals surface area contributed by atoms with Gasteiger partial charge in [0.15, 0.2) is 5.82 Å². The Balaban J connectivity index is 0.000000408. The van der Waals surface area contributed by atoms with Crippen LogP contribution in [0, 0.1) is 17.2 Å². The fraction of sp³-hybridized carbons (Fsp3) is 0.462. The molecule has 2 heterocycles. The molecule has 6 nitrogen and oxygen atoms in total. The summed E-state index contributed by atoms with van der Waals surface area (Å²) in [5.41, 5.74) is 0.837. The highest BCUT2D eigenvalue weighted by molar-refractivity contribution is 5.89. The molecule has 0 saturated heterocycles. The first-order chi connectivity index (χ1) is 9.21. The Morgan fingerprint density at radius 1 is 1.63 bits per heavy atom. The van der Waals surface area contributed by atoms with Crippen molar-refractivity contribution < 1.29 is 0 Å². The van der Waals surface area contributed by atoms with Crippen LogP contribution in [0.5, 0.6) is 0 Å². The SMILES string of the molecule is CC#N.CNc1nn(CC2CC2)c2cc[nH]c(=O)c12. The van der Waals surface area contributed by atoms with Crippen LogP contribution < -0.4 is 10.9 Å². The molecular formula is C13H17N5O. The van der Waals surface area contributed by atoms with Crippen LogP contribution in [0.3, 0.4) is 0 Å². The van der Waals surface area contributed by atoms with Crippen LogP contribution in [0.25, 0.3) is 10.9 Å². The van der Waals surface area contributed by atoms with Gasteiger partial charge in [0.25, 0.3) is 5.56 Å². The van der Waals surface area contributed by atoms with E-state index in [1.807, 2.05) is 10.7 Å². The van der Waals surface area contributed by atoms with Gasteiger partial charge in [0.05, 0.1) is 11.6 Å². The van der Waals surface area contributed by atoms with E-state index in [9.17, 15) is 4.79 Å². The number of nitriles is 1. The third-order valence-electron chi connectivity index (χ3n) is 3.04. The molecule has 0 aromatic carbocycles. The number of anilines is 1. The summed E-state index contributed by atoms with van der Waals surface area (Å²) in [6, 6.07) is 3.66. The highest BCUT2D eigenvalue weighted by atomic mass is 16.1. The fourth-order valence-electron chi connectivity index (χ4n) is 2.00. The number of H-pyrrole nitrogens is 1. The number of hydrogen-bond acceptors (Lipinski definition) is 4. The minimum atomic E-state index is -0.0797. The first-order valence-electron chi connectivity index (χ1n) is 6.28. The lowest BCUT2D eigenvalue weighted by Gasteiger charge is -1.99. The number of aromatic nitrogens is 3. The van der Waals surface area contributed by atoms with Crippen molar-refractivity contribution in [2.24, 2.45) is 5.92 Å². The van der Waals surface area contributed by atoms with E-state index < -0.39 is 0 Å². The van der Waals surface area contributed by atoms with Crippen LogP contribution in [0.15, 0.2) is 17.1 Å². The Hall–Kier alpha value is -2.29. The van der Waals surface area contributed by atoms with Crippen molar-refractivity contribution in [3.63, 3.8) is 0 Å². The molecule has 0 atom stereocenters. The van der Waals surface area contributed by atoms with Crippen molar-refractivity contribution in [3.8, 4) is 6.07 Å². The number of nitrogens with zero attached hydrogens (tertiary/aromatic N) is 3. The highest BCUT2D eigenvalue weighted by Crippen LogP contribution is 2.32. The molecule has 1 fully saturated rings. The molecule has 1 aliphatic rings. The maximum Gasteiger partial charge on any atom is 0.261 e. The Morgan fingerprint density at radius 2 is 2.32 bits per heavy atom. The third-order valence-corrected chi connectivity index (χ3v) is 3.04. The second-order valence-electron chi connectivity index (χ2n) is 4.51. The number of rotatable bonds is 3. The van der Waals surface area contributed by atoms with Crippen molar-refractivity contribution in [1.29, 1.82) is 5.26 Å². The Bertz CT molecular complexity index is 660. The van der Waals surface area contributed by atoms with Gasteiger partial charge in [-0.1, -0.05) is 0 Å². The van der Waals surface area contributed by atoms with E-state index in [1.165, 1.54) is 19.8 Å². The molecule has 1 saturated carbocycles. The molecule has 100 valence electrons. The Morgan fingerprint density at radius 3 is 2.89 bits per heavy atom. The zero-order valence-electron chi connectivity index (χ0n) is 11.1. The summed E-state index contributed by atoms with van der Waals surface area (Å²) in [4.78, 5) is 14.4. The molecule has 0 bridgehead atoms. The van der Waals surface area contributed by atoms with Gasteiger partial charge in [-0.25, -0.2) is 0 Å². The molecule has 2 aromatic rings. The molecule has 0 radical (unpaired) electrons. The molecule has 0 amide bonds. The summed E-state index contributed by atoms with van der Waals surface area (Å²) in [5.74, 6) is 1.41. The van der Waals surface area contributed by atoms with Gasteiger partial charge in [-0.2, -0.15) is 10.4 Å². The van der Waals surface area contributed by atoms with E-state index in [1.54, 1.807) is 19.3 Å². The number of nitrogens with one attached hydrogen (secondary N) is 2. The molecule has 2 aromatic heterocycles. The van der Waals surface area contributed by atoms with Crippen molar-refractivity contribution in [2.75, 3.05) is 12.4 Å². The number of fused-ring (bicyclic) bond motifs is 1. The predicted octanol–water partition coefficient (Wildman–Crippen LogP) is 1.71. The van der Waals surface area contributed by atoms with E-state index in [0.717, 1.165) is 18.0 Å². The molecule has 0 spiro atoms. The molecule has 19 heavy (non-hydrogen) atoms. The predicted molar refractivity (Wildman–Crippen MR) is 73.9 cm³/mol. The standard InChI is InChI=1S/C11H14N4O.C2H3N/c1-12-10-9-8(4-5-13-11(9)16)15(14-10)6-7-2-3-7;1-2-3/h4-5,7H,2-3,6H2,1H3,(H,12,14)(H,13,16);1H3. The third kappa shape index (κ3) is 2.76. The van der Waals surface area contributed by atoms with Crippen molar-refractivity contribution in [1.82, 2.24) is 14.8 Å². The fourth-order valence-corrected chi connectivity index (χ4v) is 2.00. The van der Waals surface area contributed by atoms with Gasteiger partial charge in [-0.15, -0.1) is 0 Å². The first-order valence-corrected chi connectivity index (χ1v) is 6.28. The van der Waals surface area contributed by atoms with E-state index in [4.69, 9.17) is 5.26 Å². The molecule has 2 N–H and O–H groups in total. The van der Waals surface area contributed by atoms with Gasteiger partial charge in [0.2, 0.25) is 0 Å². The normalized spacial score (nSPS) is 13.5. The average molecular weight is 259 g/mol. The summed E-state index contributed by atoms with van der Waals surface area (Å²) < 4.78 is 1.94. The minimum absolute atomic E-state index is 0.0797. The Labute approximate surface area is 111 Å². The molecule has 3 rings (SSSR count). The van der Waals surface area contributed by atoms with Crippen molar-refractivity contribution >= 4 is 16.7 Å². The van der Waals surface area contributed by atoms with E-state index >= 15 is 0 Å². The lowest BCUT2D eigenvalue weighted by molar-refractivity contribution is 0.582. The number of pyridine rings is 1. The van der Waals surface area contributed by atoms with Gasteiger partial charge in [-0.3, -0.25) is 9.48 Å².